The molecule has 0 spiro atoms. The summed E-state index contributed by atoms with van der Waals surface area (Å²) in [5.41, 5.74) is 1.58. The second-order valence-electron chi connectivity index (χ2n) is 3.60. The minimum Gasteiger partial charge on any atom is -0.444 e. The first-order valence-corrected chi connectivity index (χ1v) is 5.51. The number of carbonyl (C=O) groups excluding carboxylic acids is 1. The van der Waals surface area contributed by atoms with Crippen molar-refractivity contribution in [2.24, 2.45) is 0 Å². The van der Waals surface area contributed by atoms with Gasteiger partial charge in [0, 0.05) is 12.0 Å². The molecule has 0 bridgehead atoms. The predicted molar refractivity (Wildman–Crippen MR) is 66.3 cm³/mol. The molecule has 0 saturated carbocycles. The van der Waals surface area contributed by atoms with E-state index in [0.29, 0.717) is 18.0 Å². The molecule has 86 valence electrons. The van der Waals surface area contributed by atoms with Crippen molar-refractivity contribution in [3.8, 4) is 11.5 Å². The van der Waals surface area contributed by atoms with Crippen LogP contribution in [0.25, 0.3) is 17.5 Å². The molecule has 0 aliphatic carbocycles. The van der Waals surface area contributed by atoms with Crippen molar-refractivity contribution in [3.05, 3.63) is 48.4 Å². The summed E-state index contributed by atoms with van der Waals surface area (Å²) in [7, 11) is 0. The summed E-state index contributed by atoms with van der Waals surface area (Å²) < 4.78 is 5.34. The number of oxazole rings is 1. The number of carbonyl (C=O) groups is 1. The average molecular weight is 227 g/mol. The second-order valence-corrected chi connectivity index (χ2v) is 3.60. The standard InChI is InChI=1S/C14H13NO2/c1-2-13(16)9-8-12-10-17-14(15-12)11-6-4-3-5-7-11/h3-10H,2H2,1H3/b9-8+. The molecule has 2 aromatic rings. The Kier molecular flexibility index (Phi) is 3.50. The Hall–Kier alpha value is -2.16. The molecule has 3 nitrogen and oxygen atoms in total. The highest BCUT2D eigenvalue weighted by atomic mass is 16.3. The molecule has 1 aromatic heterocycles. The maximum Gasteiger partial charge on any atom is 0.226 e. The first kappa shape index (κ1) is 11.3. The third-order valence-corrected chi connectivity index (χ3v) is 2.33. The molecule has 1 aromatic carbocycles. The third-order valence-electron chi connectivity index (χ3n) is 2.33. The average Bonchev–Trinajstić information content (AvgIpc) is 2.86. The van der Waals surface area contributed by atoms with Crippen molar-refractivity contribution in [2.75, 3.05) is 0 Å². The van der Waals surface area contributed by atoms with Crippen molar-refractivity contribution < 1.29 is 9.21 Å². The van der Waals surface area contributed by atoms with E-state index in [0.717, 1.165) is 5.56 Å². The SMILES string of the molecule is CCC(=O)/C=C/c1coc(-c2ccccc2)n1. The smallest absolute Gasteiger partial charge is 0.226 e. The zero-order chi connectivity index (χ0) is 12.1. The fraction of sp³-hybridized carbons (Fsp3) is 0.143. The van der Waals surface area contributed by atoms with Crippen LogP contribution in [0.3, 0.4) is 0 Å². The zero-order valence-corrected chi connectivity index (χ0v) is 9.59. The summed E-state index contributed by atoms with van der Waals surface area (Å²) in [5.74, 6) is 0.642. The van der Waals surface area contributed by atoms with Crippen LogP contribution < -0.4 is 0 Å². The first-order valence-electron chi connectivity index (χ1n) is 5.51. The Morgan fingerprint density at radius 1 is 1.35 bits per heavy atom. The normalized spacial score (nSPS) is 10.9. The molecule has 0 N–H and O–H groups in total. The molecule has 0 unspecified atom stereocenters. The van der Waals surface area contributed by atoms with Gasteiger partial charge in [-0.2, -0.15) is 0 Å². The van der Waals surface area contributed by atoms with E-state index >= 15 is 0 Å². The number of benzene rings is 1. The van der Waals surface area contributed by atoms with E-state index in [4.69, 9.17) is 4.42 Å². The van der Waals surface area contributed by atoms with Gasteiger partial charge in [0.1, 0.15) is 12.0 Å². The van der Waals surface area contributed by atoms with Crippen molar-refractivity contribution in [3.63, 3.8) is 0 Å². The number of allylic oxidation sites excluding steroid dienone is 1. The van der Waals surface area contributed by atoms with Crippen LogP contribution in [0.4, 0.5) is 0 Å². The highest BCUT2D eigenvalue weighted by Crippen LogP contribution is 2.18. The van der Waals surface area contributed by atoms with Crippen LogP contribution in [-0.2, 0) is 4.79 Å². The number of aromatic nitrogens is 1. The van der Waals surface area contributed by atoms with Crippen LogP contribution in [0.1, 0.15) is 19.0 Å². The third kappa shape index (κ3) is 2.91. The first-order chi connectivity index (χ1) is 8.29. The number of ketones is 1. The maximum atomic E-state index is 11.1. The number of nitrogens with zero attached hydrogens (tertiary/aromatic N) is 1. The monoisotopic (exact) mass is 227 g/mol. The minimum atomic E-state index is 0.0780. The molecule has 0 radical (unpaired) electrons. The molecule has 2 rings (SSSR count). The molecule has 0 saturated heterocycles. The van der Waals surface area contributed by atoms with Gasteiger partial charge >= 0.3 is 0 Å². The van der Waals surface area contributed by atoms with Crippen molar-refractivity contribution in [1.29, 1.82) is 0 Å². The predicted octanol–water partition coefficient (Wildman–Crippen LogP) is 3.33. The fourth-order valence-corrected chi connectivity index (χ4v) is 1.37. The van der Waals surface area contributed by atoms with Gasteiger partial charge in [-0.3, -0.25) is 4.79 Å². The van der Waals surface area contributed by atoms with Gasteiger partial charge in [-0.05, 0) is 24.3 Å². The molecular formula is C14H13NO2. The zero-order valence-electron chi connectivity index (χ0n) is 9.59. The van der Waals surface area contributed by atoms with Crippen LogP contribution in [0.15, 0.2) is 47.1 Å². The number of hydrogen-bond acceptors (Lipinski definition) is 3. The van der Waals surface area contributed by atoms with Crippen LogP contribution in [0.5, 0.6) is 0 Å². The van der Waals surface area contributed by atoms with Crippen LogP contribution in [-0.4, -0.2) is 10.8 Å². The Morgan fingerprint density at radius 3 is 2.82 bits per heavy atom. The lowest BCUT2D eigenvalue weighted by Crippen LogP contribution is -1.86. The van der Waals surface area contributed by atoms with Gasteiger partial charge in [-0.15, -0.1) is 0 Å². The minimum absolute atomic E-state index is 0.0780. The topological polar surface area (TPSA) is 43.1 Å². The van der Waals surface area contributed by atoms with E-state index in [1.165, 1.54) is 6.08 Å². The van der Waals surface area contributed by atoms with E-state index in [2.05, 4.69) is 4.98 Å². The number of rotatable bonds is 4. The van der Waals surface area contributed by atoms with E-state index in [1.54, 1.807) is 12.3 Å². The number of hydrogen-bond donors (Lipinski definition) is 0. The van der Waals surface area contributed by atoms with E-state index in [9.17, 15) is 4.79 Å². The van der Waals surface area contributed by atoms with Crippen molar-refractivity contribution in [2.45, 2.75) is 13.3 Å². The summed E-state index contributed by atoms with van der Waals surface area (Å²) in [6.07, 6.45) is 5.23. The van der Waals surface area contributed by atoms with Crippen LogP contribution in [0, 0.1) is 0 Å². The molecular weight excluding hydrogens is 214 g/mol. The quantitative estimate of drug-likeness (QED) is 0.752. The molecule has 17 heavy (non-hydrogen) atoms. The lowest BCUT2D eigenvalue weighted by Gasteiger charge is -1.91. The lowest BCUT2D eigenvalue weighted by molar-refractivity contribution is -0.114. The summed E-state index contributed by atoms with van der Waals surface area (Å²) in [5, 5.41) is 0. The summed E-state index contributed by atoms with van der Waals surface area (Å²) in [6.45, 7) is 1.82. The summed E-state index contributed by atoms with van der Waals surface area (Å²) in [6, 6.07) is 9.64. The molecule has 0 aliphatic heterocycles. The Balaban J connectivity index is 2.17. The van der Waals surface area contributed by atoms with Crippen LogP contribution >= 0.6 is 0 Å². The fourth-order valence-electron chi connectivity index (χ4n) is 1.37. The van der Waals surface area contributed by atoms with Gasteiger partial charge in [0.15, 0.2) is 5.78 Å². The van der Waals surface area contributed by atoms with Gasteiger partial charge in [-0.25, -0.2) is 4.98 Å². The van der Waals surface area contributed by atoms with Gasteiger partial charge in [0.25, 0.3) is 0 Å². The molecule has 0 amide bonds. The van der Waals surface area contributed by atoms with Gasteiger partial charge in [0.05, 0.1) is 0 Å². The lowest BCUT2D eigenvalue weighted by atomic mass is 10.2. The molecule has 0 atom stereocenters. The summed E-state index contributed by atoms with van der Waals surface area (Å²) in [4.78, 5) is 15.4. The second kappa shape index (κ2) is 5.25. The maximum absolute atomic E-state index is 11.1. The van der Waals surface area contributed by atoms with Gasteiger partial charge in [0.2, 0.25) is 5.89 Å². The van der Waals surface area contributed by atoms with Crippen molar-refractivity contribution in [1.82, 2.24) is 4.98 Å². The van der Waals surface area contributed by atoms with Gasteiger partial charge < -0.3 is 4.42 Å². The highest BCUT2D eigenvalue weighted by molar-refractivity contribution is 5.93. The van der Waals surface area contributed by atoms with E-state index in [1.807, 2.05) is 37.3 Å². The van der Waals surface area contributed by atoms with Gasteiger partial charge in [-0.1, -0.05) is 25.1 Å². The van der Waals surface area contributed by atoms with Crippen LogP contribution in [0.2, 0.25) is 0 Å². The molecule has 0 aliphatic rings. The van der Waals surface area contributed by atoms with E-state index < -0.39 is 0 Å². The molecule has 0 fully saturated rings. The molecule has 1 heterocycles. The largest absolute Gasteiger partial charge is 0.444 e. The molecule has 3 heteroatoms. The Morgan fingerprint density at radius 2 is 2.12 bits per heavy atom. The summed E-state index contributed by atoms with van der Waals surface area (Å²) >= 11 is 0. The van der Waals surface area contributed by atoms with Crippen molar-refractivity contribution >= 4 is 11.9 Å². The Labute approximate surface area is 99.8 Å². The van der Waals surface area contributed by atoms with E-state index in [-0.39, 0.29) is 5.78 Å². The Bertz CT molecular complexity index is 526. The highest BCUT2D eigenvalue weighted by Gasteiger charge is 2.03.